The normalized spacial score (nSPS) is 15.7. The first-order valence-electron chi connectivity index (χ1n) is 10.7. The van der Waals surface area contributed by atoms with Crippen molar-refractivity contribution in [1.29, 1.82) is 0 Å². The van der Waals surface area contributed by atoms with Crippen molar-refractivity contribution in [3.63, 3.8) is 0 Å². The van der Waals surface area contributed by atoms with Crippen molar-refractivity contribution < 1.29 is 19.2 Å². The standard InChI is InChI=1S/C23H26N4O5/c1-24(14-17-5-7-18(8-6-17)25-11-3-2-4-12-25)22(28)15-26-20-13-19(27(30)31)9-10-21(20)32-16-23(26)29/h5-10,13H,2-4,11-12,14-16H2,1H3. The Balaban J connectivity index is 1.42. The van der Waals surface area contributed by atoms with Crippen LogP contribution in [0.25, 0.3) is 0 Å². The summed E-state index contributed by atoms with van der Waals surface area (Å²) in [6.07, 6.45) is 3.71. The van der Waals surface area contributed by atoms with Gasteiger partial charge in [-0.15, -0.1) is 0 Å². The zero-order chi connectivity index (χ0) is 22.7. The molecule has 1 fully saturated rings. The number of carbonyl (C=O) groups is 2. The van der Waals surface area contributed by atoms with Gasteiger partial charge < -0.3 is 14.5 Å². The lowest BCUT2D eigenvalue weighted by Gasteiger charge is -2.30. The SMILES string of the molecule is CN(Cc1ccc(N2CCCCC2)cc1)C(=O)CN1C(=O)COc2ccc([N+](=O)[O-])cc21. The number of ether oxygens (including phenoxy) is 1. The maximum Gasteiger partial charge on any atom is 0.271 e. The Morgan fingerprint density at radius 2 is 1.84 bits per heavy atom. The summed E-state index contributed by atoms with van der Waals surface area (Å²) in [4.78, 5) is 41.0. The monoisotopic (exact) mass is 438 g/mol. The molecule has 168 valence electrons. The molecule has 32 heavy (non-hydrogen) atoms. The highest BCUT2D eigenvalue weighted by Gasteiger charge is 2.30. The number of carbonyl (C=O) groups excluding carboxylic acids is 2. The van der Waals surface area contributed by atoms with Gasteiger partial charge in [0.25, 0.3) is 11.6 Å². The number of fused-ring (bicyclic) bond motifs is 1. The third kappa shape index (κ3) is 4.66. The highest BCUT2D eigenvalue weighted by atomic mass is 16.6. The lowest BCUT2D eigenvalue weighted by molar-refractivity contribution is -0.384. The zero-order valence-corrected chi connectivity index (χ0v) is 18.0. The number of non-ortho nitro benzene ring substituents is 1. The number of benzene rings is 2. The molecule has 2 amide bonds. The molecule has 2 aliphatic heterocycles. The van der Waals surface area contributed by atoms with Crippen molar-refractivity contribution in [1.82, 2.24) is 4.90 Å². The van der Waals surface area contributed by atoms with Gasteiger partial charge in [0.05, 0.1) is 10.6 Å². The lowest BCUT2D eigenvalue weighted by Crippen LogP contribution is -2.45. The number of likely N-dealkylation sites (N-methyl/N-ethyl adjacent to an activating group) is 1. The fourth-order valence-electron chi connectivity index (χ4n) is 4.06. The van der Waals surface area contributed by atoms with Crippen LogP contribution >= 0.6 is 0 Å². The van der Waals surface area contributed by atoms with E-state index in [0.29, 0.717) is 12.3 Å². The van der Waals surface area contributed by atoms with E-state index < -0.39 is 10.8 Å². The molecule has 0 aliphatic carbocycles. The first-order chi connectivity index (χ1) is 15.4. The second kappa shape index (κ2) is 9.25. The highest BCUT2D eigenvalue weighted by Crippen LogP contribution is 2.35. The summed E-state index contributed by atoms with van der Waals surface area (Å²) in [6, 6.07) is 12.2. The molecule has 9 heteroatoms. The van der Waals surface area contributed by atoms with Gasteiger partial charge in [-0.3, -0.25) is 24.6 Å². The number of hydrogen-bond acceptors (Lipinski definition) is 6. The number of piperidine rings is 1. The molecule has 4 rings (SSSR count). The summed E-state index contributed by atoms with van der Waals surface area (Å²) in [6.45, 7) is 2.13. The number of hydrogen-bond donors (Lipinski definition) is 0. The summed E-state index contributed by atoms with van der Waals surface area (Å²) in [5.74, 6) is -0.331. The van der Waals surface area contributed by atoms with Gasteiger partial charge in [-0.2, -0.15) is 0 Å². The van der Waals surface area contributed by atoms with E-state index in [0.717, 1.165) is 18.7 Å². The quantitative estimate of drug-likeness (QED) is 0.508. The van der Waals surface area contributed by atoms with Gasteiger partial charge in [-0.05, 0) is 43.0 Å². The Labute approximate surface area is 186 Å². The summed E-state index contributed by atoms with van der Waals surface area (Å²) >= 11 is 0. The maximum absolute atomic E-state index is 12.9. The number of amides is 2. The van der Waals surface area contributed by atoms with Crippen molar-refractivity contribution in [3.8, 4) is 5.75 Å². The van der Waals surface area contributed by atoms with E-state index in [1.807, 2.05) is 12.1 Å². The average molecular weight is 438 g/mol. The minimum atomic E-state index is -0.543. The fourth-order valence-corrected chi connectivity index (χ4v) is 4.06. The molecule has 2 aliphatic rings. The Bertz CT molecular complexity index is 1020. The predicted octanol–water partition coefficient (Wildman–Crippen LogP) is 2.97. The molecule has 2 heterocycles. The molecule has 0 radical (unpaired) electrons. The molecule has 9 nitrogen and oxygen atoms in total. The van der Waals surface area contributed by atoms with Gasteiger partial charge in [0.2, 0.25) is 5.91 Å². The summed E-state index contributed by atoms with van der Waals surface area (Å²) in [7, 11) is 1.68. The Kier molecular flexibility index (Phi) is 6.25. The van der Waals surface area contributed by atoms with Gasteiger partial charge in [0.1, 0.15) is 12.3 Å². The van der Waals surface area contributed by atoms with Gasteiger partial charge in [0, 0.05) is 44.5 Å². The number of nitrogens with zero attached hydrogens (tertiary/aromatic N) is 4. The molecule has 2 aromatic rings. The summed E-state index contributed by atoms with van der Waals surface area (Å²) in [5.41, 5.74) is 2.26. The number of rotatable bonds is 6. The van der Waals surface area contributed by atoms with E-state index in [1.54, 1.807) is 11.9 Å². The van der Waals surface area contributed by atoms with Gasteiger partial charge in [0.15, 0.2) is 6.61 Å². The largest absolute Gasteiger partial charge is 0.482 e. The van der Waals surface area contributed by atoms with Crippen LogP contribution in [-0.4, -0.2) is 54.9 Å². The fraction of sp³-hybridized carbons (Fsp3) is 0.391. The zero-order valence-electron chi connectivity index (χ0n) is 18.0. The van der Waals surface area contributed by atoms with Crippen molar-refractivity contribution in [2.45, 2.75) is 25.8 Å². The Hall–Kier alpha value is -3.62. The molecule has 0 spiro atoms. The molecular weight excluding hydrogens is 412 g/mol. The molecule has 0 aromatic heterocycles. The van der Waals surface area contributed by atoms with E-state index in [4.69, 9.17) is 4.74 Å². The van der Waals surface area contributed by atoms with E-state index in [9.17, 15) is 19.7 Å². The molecule has 0 unspecified atom stereocenters. The average Bonchev–Trinajstić information content (AvgIpc) is 2.81. The van der Waals surface area contributed by atoms with Crippen LogP contribution in [0.3, 0.4) is 0 Å². The molecule has 2 aromatic carbocycles. The first-order valence-corrected chi connectivity index (χ1v) is 10.7. The predicted molar refractivity (Wildman–Crippen MR) is 120 cm³/mol. The van der Waals surface area contributed by atoms with Crippen LogP contribution in [0.5, 0.6) is 5.75 Å². The van der Waals surface area contributed by atoms with Crippen LogP contribution < -0.4 is 14.5 Å². The molecule has 1 saturated heterocycles. The third-order valence-corrected chi connectivity index (χ3v) is 5.89. The van der Waals surface area contributed by atoms with Crippen LogP contribution in [-0.2, 0) is 16.1 Å². The van der Waals surface area contributed by atoms with Gasteiger partial charge in [-0.1, -0.05) is 12.1 Å². The first kappa shape index (κ1) is 21.6. The van der Waals surface area contributed by atoms with Crippen LogP contribution in [0.2, 0.25) is 0 Å². The maximum atomic E-state index is 12.9. The van der Waals surface area contributed by atoms with Crippen LogP contribution in [0.15, 0.2) is 42.5 Å². The van der Waals surface area contributed by atoms with Crippen molar-refractivity contribution in [2.75, 3.05) is 43.1 Å². The van der Waals surface area contributed by atoms with Crippen LogP contribution in [0.4, 0.5) is 17.1 Å². The number of nitro benzene ring substituents is 1. The minimum absolute atomic E-state index is 0.165. The van der Waals surface area contributed by atoms with E-state index in [1.165, 1.54) is 48.0 Å². The Morgan fingerprint density at radius 1 is 1.12 bits per heavy atom. The third-order valence-electron chi connectivity index (χ3n) is 5.89. The van der Waals surface area contributed by atoms with Crippen molar-refractivity contribution >= 4 is 28.9 Å². The Morgan fingerprint density at radius 3 is 2.53 bits per heavy atom. The minimum Gasteiger partial charge on any atom is -0.482 e. The van der Waals surface area contributed by atoms with Crippen LogP contribution in [0, 0.1) is 10.1 Å². The van der Waals surface area contributed by atoms with Gasteiger partial charge >= 0.3 is 0 Å². The summed E-state index contributed by atoms with van der Waals surface area (Å²) < 4.78 is 5.36. The van der Waals surface area contributed by atoms with Gasteiger partial charge in [-0.25, -0.2) is 0 Å². The number of anilines is 2. The molecule has 0 bridgehead atoms. The topological polar surface area (TPSA) is 96.2 Å². The van der Waals surface area contributed by atoms with Crippen molar-refractivity contribution in [2.24, 2.45) is 0 Å². The van der Waals surface area contributed by atoms with E-state index >= 15 is 0 Å². The molecule has 0 saturated carbocycles. The molecular formula is C23H26N4O5. The molecule has 0 N–H and O–H groups in total. The lowest BCUT2D eigenvalue weighted by atomic mass is 10.1. The summed E-state index contributed by atoms with van der Waals surface area (Å²) in [5, 5.41) is 11.1. The van der Waals surface area contributed by atoms with E-state index in [2.05, 4.69) is 17.0 Å². The highest BCUT2D eigenvalue weighted by molar-refractivity contribution is 6.02. The number of nitro groups is 1. The second-order valence-electron chi connectivity index (χ2n) is 8.14. The van der Waals surface area contributed by atoms with Crippen molar-refractivity contribution in [3.05, 3.63) is 58.1 Å². The smallest absolute Gasteiger partial charge is 0.271 e. The van der Waals surface area contributed by atoms with E-state index in [-0.39, 0.29) is 30.4 Å². The second-order valence-corrected chi connectivity index (χ2v) is 8.14. The van der Waals surface area contributed by atoms with Crippen LogP contribution in [0.1, 0.15) is 24.8 Å². The molecule has 0 atom stereocenters.